The van der Waals surface area contributed by atoms with Crippen LogP contribution in [0.15, 0.2) is 42.5 Å². The maximum Gasteiger partial charge on any atom is 0.224 e. The van der Waals surface area contributed by atoms with Crippen LogP contribution >= 0.6 is 0 Å². The van der Waals surface area contributed by atoms with Crippen LogP contribution in [0.1, 0.15) is 18.4 Å². The van der Waals surface area contributed by atoms with Gasteiger partial charge in [-0.05, 0) is 24.5 Å². The van der Waals surface area contributed by atoms with Crippen molar-refractivity contribution in [2.24, 2.45) is 0 Å². The summed E-state index contributed by atoms with van der Waals surface area (Å²) in [6, 6.07) is 11.5. The number of aryl methyl sites for hydroxylation is 1. The fraction of sp³-hybridized carbons (Fsp3) is 0.188. The molecular weight excluding hydrogens is 274 g/mol. The third kappa shape index (κ3) is 4.27. The molecule has 0 atom stereocenters. The van der Waals surface area contributed by atoms with E-state index in [-0.39, 0.29) is 23.7 Å². The summed E-state index contributed by atoms with van der Waals surface area (Å²) < 4.78 is 26.5. The van der Waals surface area contributed by atoms with E-state index in [0.29, 0.717) is 12.5 Å². The number of nitrogens with two attached hydrogens (primary N) is 1. The highest BCUT2D eigenvalue weighted by Gasteiger charge is 2.10. The lowest BCUT2D eigenvalue weighted by Gasteiger charge is -2.08. The predicted molar refractivity (Wildman–Crippen MR) is 78.8 cm³/mol. The third-order valence-corrected chi connectivity index (χ3v) is 3.07. The van der Waals surface area contributed by atoms with Gasteiger partial charge in [-0.2, -0.15) is 0 Å². The molecule has 0 saturated heterocycles. The van der Waals surface area contributed by atoms with Crippen molar-refractivity contribution in [3.8, 4) is 0 Å². The van der Waals surface area contributed by atoms with Gasteiger partial charge in [0.25, 0.3) is 0 Å². The van der Waals surface area contributed by atoms with Crippen LogP contribution in [0.4, 0.5) is 20.2 Å². The van der Waals surface area contributed by atoms with E-state index in [1.165, 1.54) is 0 Å². The van der Waals surface area contributed by atoms with E-state index >= 15 is 0 Å². The molecule has 0 aliphatic carbocycles. The molecule has 110 valence electrons. The molecule has 0 fully saturated rings. The van der Waals surface area contributed by atoms with Crippen molar-refractivity contribution < 1.29 is 13.6 Å². The molecule has 0 spiro atoms. The quantitative estimate of drug-likeness (QED) is 0.828. The molecule has 3 nitrogen and oxygen atoms in total. The van der Waals surface area contributed by atoms with Crippen molar-refractivity contribution >= 4 is 17.3 Å². The van der Waals surface area contributed by atoms with Gasteiger partial charge in [-0.15, -0.1) is 0 Å². The normalized spacial score (nSPS) is 10.4. The Hall–Kier alpha value is -2.43. The number of hydrogen-bond donors (Lipinski definition) is 2. The third-order valence-electron chi connectivity index (χ3n) is 3.07. The van der Waals surface area contributed by atoms with Crippen LogP contribution in [0.2, 0.25) is 0 Å². The molecule has 2 rings (SSSR count). The van der Waals surface area contributed by atoms with Gasteiger partial charge in [0, 0.05) is 12.5 Å². The maximum absolute atomic E-state index is 13.5. The van der Waals surface area contributed by atoms with E-state index < -0.39 is 11.6 Å². The highest BCUT2D eigenvalue weighted by Crippen LogP contribution is 2.21. The molecular formula is C16H16F2N2O. The summed E-state index contributed by atoms with van der Waals surface area (Å²) in [5, 5.41) is 2.40. The lowest BCUT2D eigenvalue weighted by atomic mass is 10.1. The van der Waals surface area contributed by atoms with Crippen LogP contribution in [0.25, 0.3) is 0 Å². The number of carbonyl (C=O) groups is 1. The molecule has 0 heterocycles. The first-order valence-corrected chi connectivity index (χ1v) is 6.64. The Balaban J connectivity index is 1.86. The molecule has 0 unspecified atom stereocenters. The van der Waals surface area contributed by atoms with Crippen molar-refractivity contribution in [1.82, 2.24) is 0 Å². The largest absolute Gasteiger partial charge is 0.396 e. The summed E-state index contributed by atoms with van der Waals surface area (Å²) in [7, 11) is 0. The van der Waals surface area contributed by atoms with Gasteiger partial charge in [-0.3, -0.25) is 4.79 Å². The molecule has 2 aromatic rings. The Bertz CT molecular complexity index is 630. The predicted octanol–water partition coefficient (Wildman–Crippen LogP) is 3.51. The number of hydrogen-bond acceptors (Lipinski definition) is 2. The highest BCUT2D eigenvalue weighted by atomic mass is 19.1. The van der Waals surface area contributed by atoms with Gasteiger partial charge in [0.05, 0.1) is 11.4 Å². The second kappa shape index (κ2) is 6.83. The summed E-state index contributed by atoms with van der Waals surface area (Å²) >= 11 is 0. The van der Waals surface area contributed by atoms with Gasteiger partial charge in [0.15, 0.2) is 0 Å². The molecule has 0 aromatic heterocycles. The van der Waals surface area contributed by atoms with E-state index in [9.17, 15) is 13.6 Å². The van der Waals surface area contributed by atoms with Crippen molar-refractivity contribution in [1.29, 1.82) is 0 Å². The Morgan fingerprint density at radius 1 is 1.10 bits per heavy atom. The standard InChI is InChI=1S/C16H16F2N2O/c17-12-9-13(18)15(10-14(12)19)20-16(21)8-4-7-11-5-2-1-3-6-11/h1-3,5-6,9-10H,4,7-8,19H2,(H,20,21). The average molecular weight is 290 g/mol. The molecule has 1 amide bonds. The van der Waals surface area contributed by atoms with Gasteiger partial charge in [-0.25, -0.2) is 8.78 Å². The van der Waals surface area contributed by atoms with Gasteiger partial charge >= 0.3 is 0 Å². The first-order valence-electron chi connectivity index (χ1n) is 6.64. The number of rotatable bonds is 5. The smallest absolute Gasteiger partial charge is 0.224 e. The monoisotopic (exact) mass is 290 g/mol. The minimum absolute atomic E-state index is 0.0985. The van der Waals surface area contributed by atoms with Crippen LogP contribution in [0.3, 0.4) is 0 Å². The molecule has 0 bridgehead atoms. The van der Waals surface area contributed by atoms with Crippen molar-refractivity contribution in [3.63, 3.8) is 0 Å². The molecule has 0 radical (unpaired) electrons. The topological polar surface area (TPSA) is 55.1 Å². The minimum Gasteiger partial charge on any atom is -0.396 e. The van der Waals surface area contributed by atoms with Gasteiger partial charge < -0.3 is 11.1 Å². The Morgan fingerprint density at radius 3 is 2.52 bits per heavy atom. The summed E-state index contributed by atoms with van der Waals surface area (Å²) in [5.41, 5.74) is 6.19. The van der Waals surface area contributed by atoms with E-state index in [0.717, 1.165) is 18.1 Å². The van der Waals surface area contributed by atoms with Gasteiger partial charge in [0.2, 0.25) is 5.91 Å². The molecule has 0 aliphatic rings. The average Bonchev–Trinajstić information content (AvgIpc) is 2.46. The number of anilines is 2. The number of benzene rings is 2. The molecule has 3 N–H and O–H groups in total. The summed E-state index contributed by atoms with van der Waals surface area (Å²) in [4.78, 5) is 11.7. The number of halogens is 2. The van der Waals surface area contributed by atoms with E-state index in [1.807, 2.05) is 30.3 Å². The summed E-state index contributed by atoms with van der Waals surface area (Å²) in [6.07, 6.45) is 1.67. The SMILES string of the molecule is Nc1cc(NC(=O)CCCc2ccccc2)c(F)cc1F. The van der Waals surface area contributed by atoms with Crippen molar-refractivity contribution in [3.05, 3.63) is 59.7 Å². The fourth-order valence-electron chi connectivity index (χ4n) is 1.97. The second-order valence-electron chi connectivity index (χ2n) is 4.74. The fourth-order valence-corrected chi connectivity index (χ4v) is 1.97. The molecule has 0 saturated carbocycles. The lowest BCUT2D eigenvalue weighted by Crippen LogP contribution is -2.13. The molecule has 0 aliphatic heterocycles. The van der Waals surface area contributed by atoms with Crippen LogP contribution in [-0.2, 0) is 11.2 Å². The van der Waals surface area contributed by atoms with Crippen molar-refractivity contribution in [2.75, 3.05) is 11.1 Å². The van der Waals surface area contributed by atoms with Crippen LogP contribution in [-0.4, -0.2) is 5.91 Å². The zero-order chi connectivity index (χ0) is 15.2. The van der Waals surface area contributed by atoms with E-state index in [4.69, 9.17) is 5.73 Å². The van der Waals surface area contributed by atoms with Crippen LogP contribution in [0.5, 0.6) is 0 Å². The zero-order valence-corrected chi connectivity index (χ0v) is 11.4. The first-order chi connectivity index (χ1) is 10.1. The first kappa shape index (κ1) is 15.0. The summed E-state index contributed by atoms with van der Waals surface area (Å²) in [5.74, 6) is -2.00. The second-order valence-corrected chi connectivity index (χ2v) is 4.74. The number of nitrogen functional groups attached to an aromatic ring is 1. The van der Waals surface area contributed by atoms with E-state index in [2.05, 4.69) is 5.32 Å². The highest BCUT2D eigenvalue weighted by molar-refractivity contribution is 5.91. The number of amides is 1. The maximum atomic E-state index is 13.5. The molecule has 21 heavy (non-hydrogen) atoms. The van der Waals surface area contributed by atoms with Crippen molar-refractivity contribution in [2.45, 2.75) is 19.3 Å². The van der Waals surface area contributed by atoms with Gasteiger partial charge in [0.1, 0.15) is 11.6 Å². The van der Waals surface area contributed by atoms with Gasteiger partial charge in [-0.1, -0.05) is 30.3 Å². The molecule has 5 heteroatoms. The van der Waals surface area contributed by atoms with Crippen LogP contribution in [0, 0.1) is 11.6 Å². The van der Waals surface area contributed by atoms with Crippen LogP contribution < -0.4 is 11.1 Å². The lowest BCUT2D eigenvalue weighted by molar-refractivity contribution is -0.116. The Kier molecular flexibility index (Phi) is 4.87. The Morgan fingerprint density at radius 2 is 1.81 bits per heavy atom. The summed E-state index contributed by atoms with van der Waals surface area (Å²) in [6.45, 7) is 0. The van der Waals surface area contributed by atoms with E-state index in [1.54, 1.807) is 0 Å². The number of nitrogens with one attached hydrogen (secondary N) is 1. The Labute approximate surface area is 121 Å². The number of carbonyl (C=O) groups excluding carboxylic acids is 1. The molecule has 2 aromatic carbocycles. The minimum atomic E-state index is -0.838. The zero-order valence-electron chi connectivity index (χ0n) is 11.4.